The van der Waals surface area contributed by atoms with E-state index in [4.69, 9.17) is 0 Å². The summed E-state index contributed by atoms with van der Waals surface area (Å²) in [6.45, 7) is 3.90. The Balaban J connectivity index is 0.000001000. The van der Waals surface area contributed by atoms with Crippen LogP contribution in [0.3, 0.4) is 0 Å². The zero-order chi connectivity index (χ0) is 12.5. The van der Waals surface area contributed by atoms with Crippen LogP contribution in [-0.4, -0.2) is 0 Å². The van der Waals surface area contributed by atoms with Gasteiger partial charge in [-0.1, -0.05) is 0 Å². The Morgan fingerprint density at radius 1 is 1.25 bits per heavy atom. The molecule has 3 heteroatoms. The first-order chi connectivity index (χ1) is 8.81. The third-order valence-electron chi connectivity index (χ3n) is 3.68. The van der Waals surface area contributed by atoms with Crippen molar-refractivity contribution in [2.45, 2.75) is 18.8 Å². The molecule has 1 atom stereocenters. The largest absolute Gasteiger partial charge is 1.00 e. The quantitative estimate of drug-likeness (QED) is 0.560. The van der Waals surface area contributed by atoms with Gasteiger partial charge in [-0.3, -0.25) is 0 Å². The maximum Gasteiger partial charge on any atom is -1.00 e. The Labute approximate surface area is 148 Å². The third kappa shape index (κ3) is 3.11. The Morgan fingerprint density at radius 3 is 2.65 bits per heavy atom. The predicted molar refractivity (Wildman–Crippen MR) is 72.8 cm³/mol. The fraction of sp³-hybridized carbons (Fsp3) is 0.176. The minimum Gasteiger partial charge on any atom is -1.00 e. The monoisotopic (exact) mass is 379 g/mol. The van der Waals surface area contributed by atoms with Crippen LogP contribution in [0.25, 0.3) is 6.08 Å². The fourth-order valence-electron chi connectivity index (χ4n) is 2.89. The van der Waals surface area contributed by atoms with Gasteiger partial charge in [-0.25, -0.2) is 0 Å². The van der Waals surface area contributed by atoms with E-state index < -0.39 is 0 Å². The Morgan fingerprint density at radius 2 is 2.00 bits per heavy atom. The van der Waals surface area contributed by atoms with E-state index in [1.165, 1.54) is 22.3 Å². The summed E-state index contributed by atoms with van der Waals surface area (Å²) in [7, 11) is 0. The van der Waals surface area contributed by atoms with Crippen LogP contribution in [0.15, 0.2) is 63.5 Å². The Hall–Kier alpha value is -0.357. The molecule has 0 amide bonds. The molecule has 1 aromatic carbocycles. The normalized spacial score (nSPS) is 19.1. The van der Waals surface area contributed by atoms with Gasteiger partial charge in [0.05, 0.1) is 0 Å². The molecule has 0 bridgehead atoms. The average Bonchev–Trinajstić information content (AvgIpc) is 2.93. The van der Waals surface area contributed by atoms with Gasteiger partial charge in [-0.2, -0.15) is 0 Å². The molecule has 0 aliphatic heterocycles. The number of hydrogen-bond acceptors (Lipinski definition) is 0. The standard InChI is InChI=1S/C17H15.2ClH.Zr/c1-2-7-15-12-14-10-5-6-11-16(14)17(15)13-8-3-4-9-13;;;/h2-3,5-6,8,10-12,17H,1,4,7H2;2*1H;/q;;;+2/p-2. The van der Waals surface area contributed by atoms with Crippen molar-refractivity contribution in [2.75, 3.05) is 0 Å². The van der Waals surface area contributed by atoms with Gasteiger partial charge in [0.1, 0.15) is 0 Å². The summed E-state index contributed by atoms with van der Waals surface area (Å²) in [4.78, 5) is 0. The zero-order valence-electron chi connectivity index (χ0n) is 11.1. The molecular weight excluding hydrogens is 366 g/mol. The van der Waals surface area contributed by atoms with Gasteiger partial charge >= 0.3 is 124 Å². The topological polar surface area (TPSA) is 0 Å². The van der Waals surface area contributed by atoms with Gasteiger partial charge in [0.25, 0.3) is 0 Å². The van der Waals surface area contributed by atoms with Crippen LogP contribution in [0.4, 0.5) is 0 Å². The van der Waals surface area contributed by atoms with Gasteiger partial charge in [0, 0.05) is 0 Å². The van der Waals surface area contributed by atoms with Crippen LogP contribution < -0.4 is 24.8 Å². The van der Waals surface area contributed by atoms with E-state index in [0.717, 1.165) is 12.8 Å². The van der Waals surface area contributed by atoms with Crippen molar-refractivity contribution in [1.29, 1.82) is 0 Å². The summed E-state index contributed by atoms with van der Waals surface area (Å²) in [6, 6.07) is 8.77. The molecule has 2 aliphatic carbocycles. The van der Waals surface area contributed by atoms with Crippen LogP contribution >= 0.6 is 0 Å². The second-order valence-electron chi connectivity index (χ2n) is 4.81. The first-order valence-corrected chi connectivity index (χ1v) is 7.55. The summed E-state index contributed by atoms with van der Waals surface area (Å²) in [5, 5.41) is 0. The summed E-state index contributed by atoms with van der Waals surface area (Å²) in [5.74, 6) is 0.479. The molecule has 0 spiro atoms. The van der Waals surface area contributed by atoms with E-state index >= 15 is 0 Å². The molecule has 0 saturated carbocycles. The van der Waals surface area contributed by atoms with Gasteiger partial charge in [0.2, 0.25) is 0 Å². The van der Waals surface area contributed by atoms with Gasteiger partial charge in [-0.05, 0) is 0 Å². The zero-order valence-corrected chi connectivity index (χ0v) is 15.0. The van der Waals surface area contributed by atoms with E-state index in [1.807, 2.05) is 6.08 Å². The van der Waals surface area contributed by atoms with E-state index in [-0.39, 0.29) is 24.8 Å². The second-order valence-corrected chi connectivity index (χ2v) is 6.30. The first kappa shape index (κ1) is 17.7. The molecule has 101 valence electrons. The van der Waals surface area contributed by atoms with Gasteiger partial charge in [-0.15, -0.1) is 0 Å². The molecule has 0 N–H and O–H groups in total. The van der Waals surface area contributed by atoms with Crippen molar-refractivity contribution in [3.05, 3.63) is 74.6 Å². The maximum absolute atomic E-state index is 3.90. The average molecular weight is 381 g/mol. The number of rotatable bonds is 3. The molecule has 0 radical (unpaired) electrons. The number of halogens is 2. The molecule has 0 fully saturated rings. The van der Waals surface area contributed by atoms with Crippen LogP contribution in [0, 0.1) is 0 Å². The molecule has 1 aromatic rings. The second kappa shape index (κ2) is 7.59. The molecule has 0 heterocycles. The van der Waals surface area contributed by atoms with Crippen LogP contribution in [0.5, 0.6) is 0 Å². The fourth-order valence-corrected chi connectivity index (χ4v) is 3.74. The van der Waals surface area contributed by atoms with Crippen molar-refractivity contribution in [1.82, 2.24) is 0 Å². The van der Waals surface area contributed by atoms with Crippen molar-refractivity contribution in [3.8, 4) is 0 Å². The summed E-state index contributed by atoms with van der Waals surface area (Å²) >= 11 is 1.55. The Kier molecular flexibility index (Phi) is 6.72. The molecule has 0 saturated heterocycles. The van der Waals surface area contributed by atoms with E-state index in [9.17, 15) is 0 Å². The maximum atomic E-state index is 3.90. The molecule has 0 aromatic heterocycles. The summed E-state index contributed by atoms with van der Waals surface area (Å²) in [5.41, 5.74) is 5.88. The number of hydrogen-bond donors (Lipinski definition) is 0. The van der Waals surface area contributed by atoms with Crippen molar-refractivity contribution >= 4 is 6.08 Å². The van der Waals surface area contributed by atoms with Crippen LogP contribution in [0.2, 0.25) is 0 Å². The van der Waals surface area contributed by atoms with E-state index in [1.54, 1.807) is 28.0 Å². The molecule has 20 heavy (non-hydrogen) atoms. The van der Waals surface area contributed by atoms with Gasteiger partial charge < -0.3 is 24.8 Å². The number of fused-ring (bicyclic) bond motifs is 1. The number of benzene rings is 1. The Bertz CT molecular complexity index is 597. The predicted octanol–water partition coefficient (Wildman–Crippen LogP) is -1.49. The van der Waals surface area contributed by atoms with Crippen molar-refractivity contribution in [2.24, 2.45) is 0 Å². The summed E-state index contributed by atoms with van der Waals surface area (Å²) < 4.78 is 1.60. The van der Waals surface area contributed by atoms with Gasteiger partial charge in [0.15, 0.2) is 0 Å². The molecule has 2 aliphatic rings. The van der Waals surface area contributed by atoms with E-state index in [0.29, 0.717) is 5.92 Å². The smallest absolute Gasteiger partial charge is 1.00 e. The van der Waals surface area contributed by atoms with Crippen molar-refractivity contribution in [3.63, 3.8) is 0 Å². The molecular formula is C17H15Cl2Zr. The molecule has 0 nitrogen and oxygen atoms in total. The SMILES string of the molecule is C=CCC1=Cc2ccccc2C1C1=[C]([Zr+2])CC=C1.[Cl-].[Cl-]. The molecule has 1 unspecified atom stereocenters. The van der Waals surface area contributed by atoms with Crippen LogP contribution in [0.1, 0.15) is 29.9 Å². The van der Waals surface area contributed by atoms with Crippen molar-refractivity contribution < 1.29 is 49.5 Å². The van der Waals surface area contributed by atoms with E-state index in [2.05, 4.69) is 49.1 Å². The molecule has 3 rings (SSSR count). The third-order valence-corrected chi connectivity index (χ3v) is 4.89. The van der Waals surface area contributed by atoms with Crippen LogP contribution in [-0.2, 0) is 24.7 Å². The minimum atomic E-state index is 0. The summed E-state index contributed by atoms with van der Waals surface area (Å²) in [6.07, 6.45) is 11.1. The first-order valence-electron chi connectivity index (χ1n) is 6.32. The minimum absolute atomic E-state index is 0. The number of allylic oxidation sites excluding steroid dienone is 6.